The molecule has 1 heterocycles. The first-order valence-electron chi connectivity index (χ1n) is 6.07. The van der Waals surface area contributed by atoms with Gasteiger partial charge in [-0.1, -0.05) is 42.5 Å². The molecule has 102 valence electrons. The Hall–Kier alpha value is -2.30. The van der Waals surface area contributed by atoms with E-state index in [1.54, 1.807) is 6.07 Å². The van der Waals surface area contributed by atoms with Crippen LogP contribution >= 0.6 is 0 Å². The molecule has 2 nitrogen and oxygen atoms in total. The first-order valence-corrected chi connectivity index (χ1v) is 6.07. The van der Waals surface area contributed by atoms with Gasteiger partial charge in [0.05, 0.1) is 11.1 Å². The maximum Gasteiger partial charge on any atom is 0.418 e. The van der Waals surface area contributed by atoms with E-state index in [4.69, 9.17) is 0 Å². The summed E-state index contributed by atoms with van der Waals surface area (Å²) in [6, 6.07) is 13.4. The molecule has 0 aliphatic rings. The van der Waals surface area contributed by atoms with Gasteiger partial charge in [-0.3, -0.25) is 4.68 Å². The van der Waals surface area contributed by atoms with Crippen molar-refractivity contribution in [3.8, 4) is 11.3 Å². The van der Waals surface area contributed by atoms with Crippen molar-refractivity contribution in [2.45, 2.75) is 6.18 Å². The molecule has 3 rings (SSSR count). The molecule has 5 heteroatoms. The van der Waals surface area contributed by atoms with Crippen LogP contribution in [0, 0.1) is 0 Å². The Kier molecular flexibility index (Phi) is 2.78. The first kappa shape index (κ1) is 12.7. The average Bonchev–Trinajstić information content (AvgIpc) is 2.76. The van der Waals surface area contributed by atoms with Crippen molar-refractivity contribution >= 4 is 10.9 Å². The molecule has 0 aliphatic carbocycles. The van der Waals surface area contributed by atoms with E-state index in [1.807, 2.05) is 30.3 Å². The SMILES string of the molecule is Cn1nc(-c2ccccc2)c2cccc(C(F)(F)F)c21. The Bertz CT molecular complexity index is 758. The van der Waals surface area contributed by atoms with Gasteiger partial charge in [0.25, 0.3) is 0 Å². The molecular weight excluding hydrogens is 265 g/mol. The number of hydrogen-bond acceptors (Lipinski definition) is 1. The molecule has 0 saturated heterocycles. The van der Waals surface area contributed by atoms with E-state index in [-0.39, 0.29) is 5.52 Å². The third kappa shape index (κ3) is 1.95. The number of aryl methyl sites for hydroxylation is 1. The molecule has 20 heavy (non-hydrogen) atoms. The van der Waals surface area contributed by atoms with Gasteiger partial charge in [0.1, 0.15) is 5.69 Å². The summed E-state index contributed by atoms with van der Waals surface area (Å²) in [5.41, 5.74) is 0.817. The van der Waals surface area contributed by atoms with Gasteiger partial charge in [-0.05, 0) is 6.07 Å². The van der Waals surface area contributed by atoms with Crippen LogP contribution in [0.15, 0.2) is 48.5 Å². The lowest BCUT2D eigenvalue weighted by atomic mass is 10.1. The predicted octanol–water partition coefficient (Wildman–Crippen LogP) is 4.26. The summed E-state index contributed by atoms with van der Waals surface area (Å²) >= 11 is 0. The molecule has 0 atom stereocenters. The molecule has 0 N–H and O–H groups in total. The van der Waals surface area contributed by atoms with Crippen LogP contribution < -0.4 is 0 Å². The van der Waals surface area contributed by atoms with Gasteiger partial charge in [0.2, 0.25) is 0 Å². The second kappa shape index (κ2) is 4.37. The molecule has 2 aromatic carbocycles. The number of para-hydroxylation sites is 1. The molecule has 0 amide bonds. The van der Waals surface area contributed by atoms with Crippen LogP contribution in [0.5, 0.6) is 0 Å². The number of fused-ring (bicyclic) bond motifs is 1. The molecule has 0 aliphatic heterocycles. The summed E-state index contributed by atoms with van der Waals surface area (Å²) in [5.74, 6) is 0. The van der Waals surface area contributed by atoms with E-state index >= 15 is 0 Å². The first-order chi connectivity index (χ1) is 9.48. The average molecular weight is 276 g/mol. The summed E-state index contributed by atoms with van der Waals surface area (Å²) in [5, 5.41) is 4.76. The van der Waals surface area contributed by atoms with Crippen molar-refractivity contribution in [1.29, 1.82) is 0 Å². The number of alkyl halides is 3. The van der Waals surface area contributed by atoms with E-state index in [0.29, 0.717) is 11.1 Å². The Balaban J connectivity index is 2.34. The highest BCUT2D eigenvalue weighted by molar-refractivity contribution is 5.95. The monoisotopic (exact) mass is 276 g/mol. The van der Waals surface area contributed by atoms with Crippen LogP contribution in [-0.2, 0) is 13.2 Å². The van der Waals surface area contributed by atoms with Gasteiger partial charge < -0.3 is 0 Å². The fraction of sp³-hybridized carbons (Fsp3) is 0.133. The van der Waals surface area contributed by atoms with Crippen LogP contribution in [0.3, 0.4) is 0 Å². The van der Waals surface area contributed by atoms with Crippen LogP contribution in [0.25, 0.3) is 22.2 Å². The van der Waals surface area contributed by atoms with Crippen molar-refractivity contribution in [2.75, 3.05) is 0 Å². The van der Waals surface area contributed by atoms with Crippen LogP contribution in [0.4, 0.5) is 13.2 Å². The van der Waals surface area contributed by atoms with E-state index in [2.05, 4.69) is 5.10 Å². The molecule has 0 unspecified atom stereocenters. The van der Waals surface area contributed by atoms with Crippen LogP contribution in [0.2, 0.25) is 0 Å². The highest BCUT2D eigenvalue weighted by Crippen LogP contribution is 2.37. The van der Waals surface area contributed by atoms with Gasteiger partial charge in [0.15, 0.2) is 0 Å². The maximum atomic E-state index is 13.1. The third-order valence-electron chi connectivity index (χ3n) is 3.22. The Morgan fingerprint density at radius 1 is 0.950 bits per heavy atom. The smallest absolute Gasteiger partial charge is 0.267 e. The summed E-state index contributed by atoms with van der Waals surface area (Å²) in [6.07, 6.45) is -4.39. The van der Waals surface area contributed by atoms with Crippen molar-refractivity contribution in [3.05, 3.63) is 54.1 Å². The molecule has 0 spiro atoms. The van der Waals surface area contributed by atoms with E-state index in [9.17, 15) is 13.2 Å². The minimum atomic E-state index is -4.39. The largest absolute Gasteiger partial charge is 0.418 e. The topological polar surface area (TPSA) is 17.8 Å². The van der Waals surface area contributed by atoms with Gasteiger partial charge in [0, 0.05) is 18.0 Å². The zero-order valence-corrected chi connectivity index (χ0v) is 10.6. The summed E-state index contributed by atoms with van der Waals surface area (Å²) in [6.45, 7) is 0. The van der Waals surface area contributed by atoms with Crippen molar-refractivity contribution in [2.24, 2.45) is 7.05 Å². The minimum absolute atomic E-state index is 0.110. The van der Waals surface area contributed by atoms with E-state index in [0.717, 1.165) is 11.6 Å². The number of rotatable bonds is 1. The lowest BCUT2D eigenvalue weighted by Gasteiger charge is -2.08. The zero-order valence-electron chi connectivity index (χ0n) is 10.6. The zero-order chi connectivity index (χ0) is 14.3. The molecular formula is C15H11F3N2. The molecule has 0 saturated carbocycles. The fourth-order valence-corrected chi connectivity index (χ4v) is 2.38. The van der Waals surface area contributed by atoms with Crippen molar-refractivity contribution < 1.29 is 13.2 Å². The number of aromatic nitrogens is 2. The minimum Gasteiger partial charge on any atom is -0.267 e. The Labute approximate surface area is 113 Å². The number of benzene rings is 2. The maximum absolute atomic E-state index is 13.1. The van der Waals surface area contributed by atoms with Gasteiger partial charge in [-0.2, -0.15) is 18.3 Å². The second-order valence-corrected chi connectivity index (χ2v) is 4.54. The highest BCUT2D eigenvalue weighted by atomic mass is 19.4. The molecule has 0 radical (unpaired) electrons. The standard InChI is InChI=1S/C15H11F3N2/c1-20-14-11(8-5-9-12(14)15(16,17)18)13(19-20)10-6-3-2-4-7-10/h2-9H,1H3. The van der Waals surface area contributed by atoms with E-state index < -0.39 is 11.7 Å². The predicted molar refractivity (Wildman–Crippen MR) is 71.2 cm³/mol. The van der Waals surface area contributed by atoms with Crippen molar-refractivity contribution in [3.63, 3.8) is 0 Å². The summed E-state index contributed by atoms with van der Waals surface area (Å²) < 4.78 is 40.5. The normalized spacial score (nSPS) is 12.0. The third-order valence-corrected chi connectivity index (χ3v) is 3.22. The Morgan fingerprint density at radius 2 is 1.65 bits per heavy atom. The van der Waals surface area contributed by atoms with Crippen molar-refractivity contribution in [1.82, 2.24) is 9.78 Å². The van der Waals surface area contributed by atoms with Gasteiger partial charge in [-0.25, -0.2) is 0 Å². The molecule has 0 bridgehead atoms. The number of nitrogens with zero attached hydrogens (tertiary/aromatic N) is 2. The van der Waals surface area contributed by atoms with E-state index in [1.165, 1.54) is 17.8 Å². The number of halogens is 3. The summed E-state index contributed by atoms with van der Waals surface area (Å²) in [7, 11) is 1.53. The quantitative estimate of drug-likeness (QED) is 0.649. The van der Waals surface area contributed by atoms with Crippen LogP contribution in [0.1, 0.15) is 5.56 Å². The molecule has 1 aromatic heterocycles. The molecule has 3 aromatic rings. The second-order valence-electron chi connectivity index (χ2n) is 4.54. The lowest BCUT2D eigenvalue weighted by molar-refractivity contribution is -0.136. The van der Waals surface area contributed by atoms with Crippen LogP contribution in [-0.4, -0.2) is 9.78 Å². The fourth-order valence-electron chi connectivity index (χ4n) is 2.38. The number of hydrogen-bond donors (Lipinski definition) is 0. The van der Waals surface area contributed by atoms with Gasteiger partial charge >= 0.3 is 6.18 Å². The highest BCUT2D eigenvalue weighted by Gasteiger charge is 2.34. The van der Waals surface area contributed by atoms with Gasteiger partial charge in [-0.15, -0.1) is 0 Å². The lowest BCUT2D eigenvalue weighted by Crippen LogP contribution is -2.07. The Morgan fingerprint density at radius 3 is 2.30 bits per heavy atom. The molecule has 0 fully saturated rings. The summed E-state index contributed by atoms with van der Waals surface area (Å²) in [4.78, 5) is 0.